The molecule has 3 rings (SSSR count). The van der Waals surface area contributed by atoms with Crippen LogP contribution in [0.2, 0.25) is 0 Å². The predicted molar refractivity (Wildman–Crippen MR) is 81.5 cm³/mol. The number of nitrogens with one attached hydrogen (secondary N) is 1. The van der Waals surface area contributed by atoms with E-state index in [1.54, 1.807) is 36.0 Å². The van der Waals surface area contributed by atoms with Crippen molar-refractivity contribution >= 4 is 11.6 Å². The molecule has 0 bridgehead atoms. The highest BCUT2D eigenvalue weighted by molar-refractivity contribution is 5.94. The summed E-state index contributed by atoms with van der Waals surface area (Å²) >= 11 is 0. The molecule has 1 atom stereocenters. The highest BCUT2D eigenvalue weighted by Gasteiger charge is 2.20. The molecule has 0 spiro atoms. The van der Waals surface area contributed by atoms with Crippen molar-refractivity contribution in [2.45, 2.75) is 13.0 Å². The lowest BCUT2D eigenvalue weighted by Crippen LogP contribution is -2.32. The van der Waals surface area contributed by atoms with Crippen LogP contribution in [0, 0.1) is 6.92 Å². The second kappa shape index (κ2) is 5.95. The van der Waals surface area contributed by atoms with Gasteiger partial charge in [0, 0.05) is 18.6 Å². The minimum absolute atomic E-state index is 0.201. The summed E-state index contributed by atoms with van der Waals surface area (Å²) in [7, 11) is 0. The Hall–Kier alpha value is -2.73. The van der Waals surface area contributed by atoms with Gasteiger partial charge in [0.2, 0.25) is 0 Å². The van der Waals surface area contributed by atoms with Crippen molar-refractivity contribution in [3.63, 3.8) is 0 Å². The van der Waals surface area contributed by atoms with Crippen LogP contribution >= 0.6 is 0 Å². The summed E-state index contributed by atoms with van der Waals surface area (Å²) in [5, 5.41) is 12.4. The highest BCUT2D eigenvalue weighted by atomic mass is 16.3. The highest BCUT2D eigenvalue weighted by Crippen LogP contribution is 2.15. The molecule has 1 amide bonds. The number of aryl methyl sites for hydroxylation is 1. The third kappa shape index (κ3) is 2.56. The SMILES string of the molecule is Cc1nc2ccccn2c1C(=O)NC(CO)c1cccnc1. The molecule has 0 saturated carbocycles. The molecule has 0 saturated heterocycles. The van der Waals surface area contributed by atoms with Gasteiger partial charge in [-0.15, -0.1) is 0 Å². The number of hydrogen-bond acceptors (Lipinski definition) is 4. The summed E-state index contributed by atoms with van der Waals surface area (Å²) in [5.41, 5.74) is 2.58. The second-order valence-electron chi connectivity index (χ2n) is 4.97. The fourth-order valence-corrected chi connectivity index (χ4v) is 2.43. The Morgan fingerprint density at radius 3 is 2.95 bits per heavy atom. The van der Waals surface area contributed by atoms with Gasteiger partial charge in [-0.1, -0.05) is 12.1 Å². The number of aliphatic hydroxyl groups is 1. The summed E-state index contributed by atoms with van der Waals surface area (Å²) < 4.78 is 1.74. The molecule has 0 aliphatic carbocycles. The van der Waals surface area contributed by atoms with E-state index in [0.29, 0.717) is 17.0 Å². The Morgan fingerprint density at radius 2 is 2.23 bits per heavy atom. The topological polar surface area (TPSA) is 79.5 Å². The smallest absolute Gasteiger partial charge is 0.270 e. The second-order valence-corrected chi connectivity index (χ2v) is 4.97. The molecule has 0 aliphatic heterocycles. The van der Waals surface area contributed by atoms with Crippen molar-refractivity contribution in [3.8, 4) is 0 Å². The number of imidazole rings is 1. The number of carbonyl (C=O) groups excluding carboxylic acids is 1. The molecule has 0 aromatic carbocycles. The molecule has 6 heteroatoms. The number of rotatable bonds is 4. The molecule has 112 valence electrons. The molecule has 3 aromatic heterocycles. The van der Waals surface area contributed by atoms with Gasteiger partial charge in [-0.05, 0) is 30.7 Å². The minimum Gasteiger partial charge on any atom is -0.394 e. The Bertz CT molecular complexity index is 798. The van der Waals surface area contributed by atoms with Crippen LogP contribution in [0.1, 0.15) is 27.8 Å². The first-order chi connectivity index (χ1) is 10.7. The zero-order valence-electron chi connectivity index (χ0n) is 12.1. The van der Waals surface area contributed by atoms with E-state index in [-0.39, 0.29) is 12.5 Å². The van der Waals surface area contributed by atoms with E-state index < -0.39 is 6.04 Å². The molecule has 6 nitrogen and oxygen atoms in total. The van der Waals surface area contributed by atoms with E-state index in [0.717, 1.165) is 5.56 Å². The van der Waals surface area contributed by atoms with Crippen LogP contribution in [-0.4, -0.2) is 32.0 Å². The summed E-state index contributed by atoms with van der Waals surface area (Å²) in [6.07, 6.45) is 5.07. The van der Waals surface area contributed by atoms with Crippen LogP contribution in [0.25, 0.3) is 5.65 Å². The first kappa shape index (κ1) is 14.2. The van der Waals surface area contributed by atoms with Crippen molar-refractivity contribution in [1.82, 2.24) is 19.7 Å². The van der Waals surface area contributed by atoms with Crippen LogP contribution in [0.4, 0.5) is 0 Å². The van der Waals surface area contributed by atoms with Gasteiger partial charge in [-0.25, -0.2) is 4.98 Å². The lowest BCUT2D eigenvalue weighted by atomic mass is 10.1. The lowest BCUT2D eigenvalue weighted by Gasteiger charge is -2.16. The number of amides is 1. The average Bonchev–Trinajstić information content (AvgIpc) is 2.89. The van der Waals surface area contributed by atoms with E-state index in [2.05, 4.69) is 15.3 Å². The van der Waals surface area contributed by atoms with E-state index in [1.165, 1.54) is 0 Å². The first-order valence-corrected chi connectivity index (χ1v) is 6.96. The molecule has 0 aliphatic rings. The zero-order chi connectivity index (χ0) is 15.5. The number of aromatic nitrogens is 3. The third-order valence-corrected chi connectivity index (χ3v) is 3.49. The maximum Gasteiger partial charge on any atom is 0.270 e. The van der Waals surface area contributed by atoms with Crippen molar-refractivity contribution in [3.05, 3.63) is 65.9 Å². The Labute approximate surface area is 127 Å². The number of nitrogens with zero attached hydrogens (tertiary/aromatic N) is 3. The molecule has 3 heterocycles. The predicted octanol–water partition coefficient (Wildman–Crippen LogP) is 1.50. The van der Waals surface area contributed by atoms with Gasteiger partial charge in [0.25, 0.3) is 5.91 Å². The Morgan fingerprint density at radius 1 is 1.36 bits per heavy atom. The monoisotopic (exact) mass is 296 g/mol. The summed E-state index contributed by atoms with van der Waals surface area (Å²) in [4.78, 5) is 21.0. The van der Waals surface area contributed by atoms with Crippen molar-refractivity contribution < 1.29 is 9.90 Å². The molecule has 2 N–H and O–H groups in total. The molecular formula is C16H16N4O2. The maximum absolute atomic E-state index is 12.6. The Kier molecular flexibility index (Phi) is 3.84. The van der Waals surface area contributed by atoms with Gasteiger partial charge < -0.3 is 10.4 Å². The first-order valence-electron chi connectivity index (χ1n) is 6.96. The summed E-state index contributed by atoms with van der Waals surface area (Å²) in [6.45, 7) is 1.59. The summed E-state index contributed by atoms with van der Waals surface area (Å²) in [6, 6.07) is 8.63. The normalized spacial score (nSPS) is 12.3. The lowest BCUT2D eigenvalue weighted by molar-refractivity contribution is 0.0909. The fourth-order valence-electron chi connectivity index (χ4n) is 2.43. The van der Waals surface area contributed by atoms with Crippen LogP contribution in [0.15, 0.2) is 48.9 Å². The van der Waals surface area contributed by atoms with E-state index in [1.807, 2.05) is 24.3 Å². The van der Waals surface area contributed by atoms with Crippen molar-refractivity contribution in [2.75, 3.05) is 6.61 Å². The zero-order valence-corrected chi connectivity index (χ0v) is 12.1. The molecule has 1 unspecified atom stereocenters. The van der Waals surface area contributed by atoms with Crippen molar-refractivity contribution in [2.24, 2.45) is 0 Å². The molecular weight excluding hydrogens is 280 g/mol. The van der Waals surface area contributed by atoms with E-state index in [4.69, 9.17) is 0 Å². The molecule has 22 heavy (non-hydrogen) atoms. The maximum atomic E-state index is 12.6. The standard InChI is InChI=1S/C16H16N4O2/c1-11-15(20-8-3-2-6-14(20)18-11)16(22)19-13(10-21)12-5-4-7-17-9-12/h2-9,13,21H,10H2,1H3,(H,19,22). The van der Waals surface area contributed by atoms with E-state index >= 15 is 0 Å². The number of carbonyl (C=O) groups is 1. The quantitative estimate of drug-likeness (QED) is 0.764. The largest absolute Gasteiger partial charge is 0.394 e. The number of fused-ring (bicyclic) bond motifs is 1. The number of pyridine rings is 2. The van der Waals surface area contributed by atoms with Crippen molar-refractivity contribution in [1.29, 1.82) is 0 Å². The van der Waals surface area contributed by atoms with Crippen LogP contribution in [0.3, 0.4) is 0 Å². The van der Waals surface area contributed by atoms with Gasteiger partial charge in [0.1, 0.15) is 11.3 Å². The van der Waals surface area contributed by atoms with Gasteiger partial charge in [0.15, 0.2) is 0 Å². The molecule has 0 radical (unpaired) electrons. The van der Waals surface area contributed by atoms with Gasteiger partial charge in [-0.3, -0.25) is 14.2 Å². The van der Waals surface area contributed by atoms with Crippen LogP contribution < -0.4 is 5.32 Å². The fraction of sp³-hybridized carbons (Fsp3) is 0.188. The Balaban J connectivity index is 1.91. The van der Waals surface area contributed by atoms with Gasteiger partial charge in [-0.2, -0.15) is 0 Å². The molecule has 0 fully saturated rings. The average molecular weight is 296 g/mol. The third-order valence-electron chi connectivity index (χ3n) is 3.49. The van der Waals surface area contributed by atoms with Gasteiger partial charge >= 0.3 is 0 Å². The molecule has 3 aromatic rings. The summed E-state index contributed by atoms with van der Waals surface area (Å²) in [5.74, 6) is -0.279. The van der Waals surface area contributed by atoms with Gasteiger partial charge in [0.05, 0.1) is 18.3 Å². The van der Waals surface area contributed by atoms with Crippen LogP contribution in [0.5, 0.6) is 0 Å². The minimum atomic E-state index is -0.505. The number of hydrogen-bond donors (Lipinski definition) is 2. The van der Waals surface area contributed by atoms with Crippen LogP contribution in [-0.2, 0) is 0 Å². The number of aliphatic hydroxyl groups excluding tert-OH is 1. The van der Waals surface area contributed by atoms with E-state index in [9.17, 15) is 9.90 Å².